The fourth-order valence-corrected chi connectivity index (χ4v) is 1.94. The number of hydrogen-bond donors (Lipinski definition) is 2. The van der Waals surface area contributed by atoms with E-state index in [4.69, 9.17) is 4.74 Å². The number of ether oxygens (including phenoxy) is 2. The summed E-state index contributed by atoms with van der Waals surface area (Å²) in [6.07, 6.45) is 1.94. The van der Waals surface area contributed by atoms with E-state index < -0.39 is 6.61 Å². The molecule has 5 nitrogen and oxygen atoms in total. The summed E-state index contributed by atoms with van der Waals surface area (Å²) < 4.78 is 34.5. The molecule has 0 heterocycles. The highest BCUT2D eigenvalue weighted by molar-refractivity contribution is 5.79. The molecule has 0 amide bonds. The molecule has 0 aromatic heterocycles. The number of aliphatic imine (C=N–C) groups is 1. The molecular formula is C16H25F2N3O2. The average molecular weight is 329 g/mol. The van der Waals surface area contributed by atoms with Crippen LogP contribution in [0, 0.1) is 0 Å². The van der Waals surface area contributed by atoms with Crippen molar-refractivity contribution in [2.24, 2.45) is 4.99 Å². The smallest absolute Gasteiger partial charge is 0.387 e. The van der Waals surface area contributed by atoms with E-state index in [9.17, 15) is 8.78 Å². The van der Waals surface area contributed by atoms with Crippen LogP contribution in [0.3, 0.4) is 0 Å². The molecule has 0 saturated carbocycles. The molecule has 1 rings (SSSR count). The molecule has 0 spiro atoms. The van der Waals surface area contributed by atoms with Gasteiger partial charge in [-0.05, 0) is 25.8 Å². The van der Waals surface area contributed by atoms with Crippen molar-refractivity contribution in [3.63, 3.8) is 0 Å². The fourth-order valence-electron chi connectivity index (χ4n) is 1.94. The van der Waals surface area contributed by atoms with Gasteiger partial charge < -0.3 is 20.1 Å². The minimum absolute atomic E-state index is 0.169. The number of nitrogens with one attached hydrogen (secondary N) is 2. The molecule has 1 aromatic carbocycles. The van der Waals surface area contributed by atoms with Gasteiger partial charge in [-0.2, -0.15) is 8.78 Å². The zero-order valence-corrected chi connectivity index (χ0v) is 13.6. The zero-order valence-electron chi connectivity index (χ0n) is 13.6. The first-order valence-electron chi connectivity index (χ1n) is 7.72. The molecule has 0 aliphatic rings. The van der Waals surface area contributed by atoms with Crippen LogP contribution in [0.25, 0.3) is 0 Å². The Bertz CT molecular complexity index is 470. The Morgan fingerprint density at radius 1 is 1.22 bits per heavy atom. The van der Waals surface area contributed by atoms with E-state index in [1.54, 1.807) is 25.2 Å². The Balaban J connectivity index is 2.37. The highest BCUT2D eigenvalue weighted by Gasteiger charge is 2.09. The van der Waals surface area contributed by atoms with Gasteiger partial charge in [0.2, 0.25) is 0 Å². The molecule has 0 unspecified atom stereocenters. The molecule has 0 atom stereocenters. The SMILES string of the molecule is CCOCCCCNC(=NC)NCc1ccccc1OC(F)F. The molecule has 0 saturated heterocycles. The molecule has 130 valence electrons. The van der Waals surface area contributed by atoms with Gasteiger partial charge in [-0.1, -0.05) is 18.2 Å². The number of alkyl halides is 2. The summed E-state index contributed by atoms with van der Waals surface area (Å²) in [4.78, 5) is 4.10. The van der Waals surface area contributed by atoms with Crippen molar-refractivity contribution in [2.75, 3.05) is 26.8 Å². The second-order valence-electron chi connectivity index (χ2n) is 4.74. The summed E-state index contributed by atoms with van der Waals surface area (Å²) in [5, 5.41) is 6.26. The molecule has 0 aliphatic heterocycles. The third-order valence-electron chi connectivity index (χ3n) is 3.07. The van der Waals surface area contributed by atoms with Crippen molar-refractivity contribution >= 4 is 5.96 Å². The number of hydrogen-bond acceptors (Lipinski definition) is 3. The minimum atomic E-state index is -2.83. The first-order valence-corrected chi connectivity index (χ1v) is 7.72. The van der Waals surface area contributed by atoms with Crippen molar-refractivity contribution in [2.45, 2.75) is 32.9 Å². The van der Waals surface area contributed by atoms with E-state index in [1.807, 2.05) is 6.92 Å². The quantitative estimate of drug-likeness (QED) is 0.394. The molecular weight excluding hydrogens is 304 g/mol. The number of guanidine groups is 1. The Labute approximate surface area is 136 Å². The molecule has 0 fully saturated rings. The summed E-state index contributed by atoms with van der Waals surface area (Å²) in [5.41, 5.74) is 0.645. The molecule has 23 heavy (non-hydrogen) atoms. The van der Waals surface area contributed by atoms with Gasteiger partial charge in [-0.25, -0.2) is 0 Å². The lowest BCUT2D eigenvalue weighted by molar-refractivity contribution is -0.0504. The van der Waals surface area contributed by atoms with Crippen molar-refractivity contribution in [3.8, 4) is 5.75 Å². The molecule has 0 aliphatic carbocycles. The van der Waals surface area contributed by atoms with Gasteiger partial charge in [0.05, 0.1) is 0 Å². The predicted molar refractivity (Wildman–Crippen MR) is 87.0 cm³/mol. The van der Waals surface area contributed by atoms with Gasteiger partial charge in [0, 0.05) is 38.9 Å². The van der Waals surface area contributed by atoms with E-state index in [-0.39, 0.29) is 5.75 Å². The Morgan fingerprint density at radius 2 is 2.00 bits per heavy atom. The van der Waals surface area contributed by atoms with E-state index in [0.29, 0.717) is 18.1 Å². The van der Waals surface area contributed by atoms with Crippen molar-refractivity contribution < 1.29 is 18.3 Å². The first-order chi connectivity index (χ1) is 11.2. The average Bonchev–Trinajstić information content (AvgIpc) is 2.54. The van der Waals surface area contributed by atoms with E-state index in [0.717, 1.165) is 32.6 Å². The zero-order chi connectivity index (χ0) is 16.9. The summed E-state index contributed by atoms with van der Waals surface area (Å²) in [6.45, 7) is 1.74. The lowest BCUT2D eigenvalue weighted by atomic mass is 10.2. The van der Waals surface area contributed by atoms with Crippen molar-refractivity contribution in [1.82, 2.24) is 10.6 Å². The molecule has 1 aromatic rings. The number of unbranched alkanes of at least 4 members (excludes halogenated alkanes) is 1. The number of benzene rings is 1. The lowest BCUT2D eigenvalue weighted by Crippen LogP contribution is -2.37. The largest absolute Gasteiger partial charge is 0.434 e. The topological polar surface area (TPSA) is 54.9 Å². The maximum absolute atomic E-state index is 12.4. The molecule has 0 bridgehead atoms. The predicted octanol–water partition coefficient (Wildman–Crippen LogP) is 2.77. The van der Waals surface area contributed by atoms with Gasteiger partial charge in [0.15, 0.2) is 5.96 Å². The monoisotopic (exact) mass is 329 g/mol. The molecule has 2 N–H and O–H groups in total. The number of para-hydroxylation sites is 1. The van der Waals surface area contributed by atoms with Crippen LogP contribution in [0.4, 0.5) is 8.78 Å². The van der Waals surface area contributed by atoms with Gasteiger partial charge in [0.1, 0.15) is 5.75 Å². The Hall–Kier alpha value is -1.89. The lowest BCUT2D eigenvalue weighted by Gasteiger charge is -2.14. The fraction of sp³-hybridized carbons (Fsp3) is 0.562. The van der Waals surface area contributed by atoms with E-state index in [1.165, 1.54) is 6.07 Å². The van der Waals surface area contributed by atoms with Crippen LogP contribution in [0.1, 0.15) is 25.3 Å². The minimum Gasteiger partial charge on any atom is -0.434 e. The first kappa shape index (κ1) is 19.2. The van der Waals surface area contributed by atoms with Crippen LogP contribution in [0.15, 0.2) is 29.3 Å². The van der Waals surface area contributed by atoms with Crippen LogP contribution < -0.4 is 15.4 Å². The highest BCUT2D eigenvalue weighted by Crippen LogP contribution is 2.19. The third-order valence-corrected chi connectivity index (χ3v) is 3.07. The van der Waals surface area contributed by atoms with E-state index >= 15 is 0 Å². The summed E-state index contributed by atoms with van der Waals surface area (Å²) in [6, 6.07) is 6.69. The number of nitrogens with zero attached hydrogens (tertiary/aromatic N) is 1. The molecule has 7 heteroatoms. The summed E-state index contributed by atoms with van der Waals surface area (Å²) in [7, 11) is 1.66. The number of rotatable bonds is 10. The number of halogens is 2. The maximum Gasteiger partial charge on any atom is 0.387 e. The second kappa shape index (κ2) is 11.6. The summed E-state index contributed by atoms with van der Waals surface area (Å²) >= 11 is 0. The van der Waals surface area contributed by atoms with Crippen LogP contribution >= 0.6 is 0 Å². The van der Waals surface area contributed by atoms with Crippen molar-refractivity contribution in [1.29, 1.82) is 0 Å². The Kier molecular flexibility index (Phi) is 9.70. The van der Waals surface area contributed by atoms with Gasteiger partial charge in [-0.15, -0.1) is 0 Å². The van der Waals surface area contributed by atoms with Gasteiger partial charge in [0.25, 0.3) is 0 Å². The van der Waals surface area contributed by atoms with Crippen LogP contribution in [0.2, 0.25) is 0 Å². The molecule has 0 radical (unpaired) electrons. The van der Waals surface area contributed by atoms with Crippen LogP contribution in [0.5, 0.6) is 5.75 Å². The normalized spacial score (nSPS) is 11.6. The Morgan fingerprint density at radius 3 is 2.70 bits per heavy atom. The van der Waals surface area contributed by atoms with Gasteiger partial charge in [-0.3, -0.25) is 4.99 Å². The third kappa shape index (κ3) is 8.35. The van der Waals surface area contributed by atoms with Crippen LogP contribution in [-0.4, -0.2) is 39.4 Å². The van der Waals surface area contributed by atoms with Crippen molar-refractivity contribution in [3.05, 3.63) is 29.8 Å². The summed E-state index contributed by atoms with van der Waals surface area (Å²) in [5.74, 6) is 0.787. The standard InChI is InChI=1S/C16H25F2N3O2/c1-3-22-11-7-6-10-20-16(19-2)21-12-13-8-4-5-9-14(13)23-15(17)18/h4-5,8-9,15H,3,6-7,10-12H2,1-2H3,(H2,19,20,21). The highest BCUT2D eigenvalue weighted by atomic mass is 19.3. The maximum atomic E-state index is 12.4. The van der Waals surface area contributed by atoms with E-state index in [2.05, 4.69) is 20.4 Å². The van der Waals surface area contributed by atoms with Crippen LogP contribution in [-0.2, 0) is 11.3 Å². The second-order valence-corrected chi connectivity index (χ2v) is 4.74. The van der Waals surface area contributed by atoms with Gasteiger partial charge >= 0.3 is 6.61 Å².